The predicted molar refractivity (Wildman–Crippen MR) is 126 cm³/mol. The van der Waals surface area contributed by atoms with Crippen LogP contribution in [0.3, 0.4) is 0 Å². The van der Waals surface area contributed by atoms with Gasteiger partial charge < -0.3 is 32.8 Å². The maximum Gasteiger partial charge on any atom is 0.308 e. The van der Waals surface area contributed by atoms with Crippen LogP contribution in [0, 0.1) is 0 Å². The lowest BCUT2D eigenvalue weighted by molar-refractivity contribution is -0.134. The van der Waals surface area contributed by atoms with Crippen molar-refractivity contribution in [1.29, 1.82) is 0 Å². The van der Waals surface area contributed by atoms with Crippen molar-refractivity contribution >= 4 is 34.8 Å². The molecule has 0 spiro atoms. The first-order valence-corrected chi connectivity index (χ1v) is 10.6. The first kappa shape index (κ1) is 26.7. The molecule has 2 aromatic carbocycles. The molecule has 0 unspecified atom stereocenters. The maximum atomic E-state index is 13.6. The number of rotatable bonds is 7. The number of hydrogen-bond donors (Lipinski definition) is 0. The minimum atomic E-state index is -0.873. The summed E-state index contributed by atoms with van der Waals surface area (Å²) < 4.78 is 37.3. The number of carbonyl (C=O) groups excluding carboxylic acids is 4. The molecule has 0 aliphatic heterocycles. The highest BCUT2D eigenvalue weighted by Crippen LogP contribution is 2.44. The van der Waals surface area contributed by atoms with E-state index in [1.54, 1.807) is 0 Å². The van der Waals surface area contributed by atoms with Crippen molar-refractivity contribution < 1.29 is 52.0 Å². The summed E-state index contributed by atoms with van der Waals surface area (Å²) in [6.45, 7) is 4.50. The van der Waals surface area contributed by atoms with Crippen molar-refractivity contribution in [2.45, 2.75) is 27.7 Å². The highest BCUT2D eigenvalue weighted by atomic mass is 16.6. The average molecular weight is 514 g/mol. The second-order valence-corrected chi connectivity index (χ2v) is 7.44. The lowest BCUT2D eigenvalue weighted by atomic mass is 10.1. The highest BCUT2D eigenvalue weighted by molar-refractivity contribution is 5.95. The van der Waals surface area contributed by atoms with Crippen LogP contribution in [-0.4, -0.2) is 38.1 Å². The lowest BCUT2D eigenvalue weighted by Gasteiger charge is -2.16. The molecule has 0 saturated heterocycles. The van der Waals surface area contributed by atoms with Crippen LogP contribution in [0.2, 0.25) is 0 Å². The predicted octanol–water partition coefficient (Wildman–Crippen LogP) is 3.18. The van der Waals surface area contributed by atoms with E-state index in [4.69, 9.17) is 32.8 Å². The Morgan fingerprint density at radius 1 is 0.649 bits per heavy atom. The van der Waals surface area contributed by atoms with E-state index in [9.17, 15) is 24.0 Å². The number of ether oxygens (including phenoxy) is 6. The number of esters is 4. The van der Waals surface area contributed by atoms with Crippen LogP contribution in [0.15, 0.2) is 33.5 Å². The molecule has 0 atom stereocenters. The number of hydrogen-bond acceptors (Lipinski definition) is 12. The Balaban J connectivity index is 2.45. The van der Waals surface area contributed by atoms with Gasteiger partial charge in [0, 0.05) is 39.3 Å². The summed E-state index contributed by atoms with van der Waals surface area (Å²) in [6.07, 6.45) is 0. The molecule has 1 aromatic heterocycles. The molecule has 0 aliphatic carbocycles. The Kier molecular flexibility index (Phi) is 7.81. The van der Waals surface area contributed by atoms with Gasteiger partial charge in [-0.05, 0) is 18.2 Å². The third kappa shape index (κ3) is 5.69. The van der Waals surface area contributed by atoms with Gasteiger partial charge in [0.15, 0.2) is 28.6 Å². The van der Waals surface area contributed by atoms with Crippen molar-refractivity contribution in [1.82, 2.24) is 0 Å². The molecule has 3 rings (SSSR count). The molecule has 0 N–H and O–H groups in total. The number of fused-ring (bicyclic) bond motifs is 1. The van der Waals surface area contributed by atoms with Crippen LogP contribution in [-0.2, 0) is 19.2 Å². The molecule has 3 aromatic rings. The van der Waals surface area contributed by atoms with E-state index >= 15 is 0 Å². The van der Waals surface area contributed by atoms with E-state index in [-0.39, 0.29) is 51.0 Å². The van der Waals surface area contributed by atoms with E-state index in [1.807, 2.05) is 0 Å². The normalized spacial score (nSPS) is 10.4. The lowest BCUT2D eigenvalue weighted by Crippen LogP contribution is -2.15. The van der Waals surface area contributed by atoms with Gasteiger partial charge in [-0.1, -0.05) is 0 Å². The molecule has 37 heavy (non-hydrogen) atoms. The van der Waals surface area contributed by atoms with Gasteiger partial charge in [-0.3, -0.25) is 24.0 Å². The summed E-state index contributed by atoms with van der Waals surface area (Å²) in [7, 11) is 2.63. The second-order valence-electron chi connectivity index (χ2n) is 7.44. The van der Waals surface area contributed by atoms with E-state index < -0.39 is 35.1 Å². The van der Waals surface area contributed by atoms with Crippen LogP contribution < -0.4 is 33.8 Å². The smallest absolute Gasteiger partial charge is 0.308 e. The Bertz CT molecular complexity index is 1480. The molecule has 0 bridgehead atoms. The molecule has 0 radical (unpaired) electrons. The monoisotopic (exact) mass is 514 g/mol. The quantitative estimate of drug-likeness (QED) is 0.336. The third-order valence-corrected chi connectivity index (χ3v) is 4.65. The van der Waals surface area contributed by atoms with E-state index in [2.05, 4.69) is 0 Å². The van der Waals surface area contributed by atoms with E-state index in [0.717, 1.165) is 27.7 Å². The fourth-order valence-electron chi connectivity index (χ4n) is 3.40. The van der Waals surface area contributed by atoms with Gasteiger partial charge in [0.1, 0.15) is 11.1 Å². The van der Waals surface area contributed by atoms with Crippen molar-refractivity contribution in [2.75, 3.05) is 14.2 Å². The molecule has 12 nitrogen and oxygen atoms in total. The molecular weight excluding hydrogens is 492 g/mol. The van der Waals surface area contributed by atoms with Gasteiger partial charge in [-0.25, -0.2) is 0 Å². The summed E-state index contributed by atoms with van der Waals surface area (Å²) in [5.41, 5.74) is -0.963. The summed E-state index contributed by atoms with van der Waals surface area (Å²) >= 11 is 0. The first-order valence-electron chi connectivity index (χ1n) is 10.6. The van der Waals surface area contributed by atoms with Crippen molar-refractivity contribution in [2.24, 2.45) is 0 Å². The Morgan fingerprint density at radius 2 is 1.22 bits per heavy atom. The summed E-state index contributed by atoms with van der Waals surface area (Å²) in [6, 6.07) is 5.17. The molecule has 0 fully saturated rings. The molecule has 12 heteroatoms. The zero-order valence-corrected chi connectivity index (χ0v) is 20.7. The fraction of sp³-hybridized carbons (Fsp3) is 0.240. The average Bonchev–Trinajstić information content (AvgIpc) is 2.80. The van der Waals surface area contributed by atoms with Gasteiger partial charge >= 0.3 is 23.9 Å². The van der Waals surface area contributed by atoms with Gasteiger partial charge in [-0.15, -0.1) is 0 Å². The van der Waals surface area contributed by atoms with Crippen molar-refractivity contribution in [3.63, 3.8) is 0 Å². The van der Waals surface area contributed by atoms with Crippen LogP contribution in [0.25, 0.3) is 22.3 Å². The summed E-state index contributed by atoms with van der Waals surface area (Å²) in [5, 5.41) is -0.260. The maximum absolute atomic E-state index is 13.6. The van der Waals surface area contributed by atoms with Crippen LogP contribution in [0.4, 0.5) is 0 Å². The van der Waals surface area contributed by atoms with Gasteiger partial charge in [0.25, 0.3) is 0 Å². The third-order valence-electron chi connectivity index (χ3n) is 4.65. The number of benzene rings is 2. The molecule has 0 amide bonds. The standard InChI is InChI=1S/C25H22O12/c1-11(26)33-16-8-7-15(9-17(16)34-12(2)27)22-25(36-14(4)29)21(30)20-18(35-13(3)28)10-19(31-5)23(32-6)24(20)37-22/h7-10H,1-6H3. The van der Waals surface area contributed by atoms with Gasteiger partial charge in [0.05, 0.1) is 14.2 Å². The Morgan fingerprint density at radius 3 is 1.76 bits per heavy atom. The first-order chi connectivity index (χ1) is 17.5. The largest absolute Gasteiger partial charge is 0.493 e. The second kappa shape index (κ2) is 10.8. The summed E-state index contributed by atoms with van der Waals surface area (Å²) in [4.78, 5) is 60.4. The van der Waals surface area contributed by atoms with Crippen LogP contribution >= 0.6 is 0 Å². The minimum absolute atomic E-state index is 0.0159. The SMILES string of the molecule is COc1cc(OC(C)=O)c2c(=O)c(OC(C)=O)c(-c3ccc(OC(C)=O)c(OC(C)=O)c3)oc2c1OC. The zero-order chi connectivity index (χ0) is 27.4. The molecule has 0 aliphatic rings. The molecular formula is C25H22O12. The highest BCUT2D eigenvalue weighted by Gasteiger charge is 2.28. The van der Waals surface area contributed by atoms with E-state index in [1.165, 1.54) is 38.5 Å². The van der Waals surface area contributed by atoms with Crippen molar-refractivity contribution in [3.05, 3.63) is 34.5 Å². The number of methoxy groups -OCH3 is 2. The summed E-state index contributed by atoms with van der Waals surface area (Å²) in [5.74, 6) is -4.21. The number of carbonyl (C=O) groups is 4. The fourth-order valence-corrected chi connectivity index (χ4v) is 3.40. The topological polar surface area (TPSA) is 154 Å². The van der Waals surface area contributed by atoms with Crippen LogP contribution in [0.5, 0.6) is 34.5 Å². The van der Waals surface area contributed by atoms with Crippen LogP contribution in [0.1, 0.15) is 27.7 Å². The van der Waals surface area contributed by atoms with Crippen molar-refractivity contribution in [3.8, 4) is 45.8 Å². The molecule has 0 saturated carbocycles. The molecule has 1 heterocycles. The Labute approximate surface area is 209 Å². The molecule has 194 valence electrons. The van der Waals surface area contributed by atoms with Gasteiger partial charge in [0.2, 0.25) is 16.9 Å². The van der Waals surface area contributed by atoms with E-state index in [0.29, 0.717) is 0 Å². The zero-order valence-electron chi connectivity index (χ0n) is 20.7. The Hall–Kier alpha value is -4.87. The van der Waals surface area contributed by atoms with Gasteiger partial charge in [-0.2, -0.15) is 0 Å². The minimum Gasteiger partial charge on any atom is -0.493 e.